The first-order chi connectivity index (χ1) is 12.2. The Hall–Kier alpha value is -2.54. The van der Waals surface area contributed by atoms with Crippen molar-refractivity contribution in [1.29, 1.82) is 0 Å². The molecule has 0 unspecified atom stereocenters. The number of amides is 1. The maximum Gasteiger partial charge on any atom is 0.417 e. The first-order valence-electron chi connectivity index (χ1n) is 7.86. The summed E-state index contributed by atoms with van der Waals surface area (Å²) in [4.78, 5) is 17.0. The van der Waals surface area contributed by atoms with Gasteiger partial charge in [-0.3, -0.25) is 9.20 Å². The van der Waals surface area contributed by atoms with Gasteiger partial charge in [0.05, 0.1) is 16.3 Å². The normalized spacial score (nSPS) is 11.8. The highest BCUT2D eigenvalue weighted by atomic mass is 35.5. The summed E-state index contributed by atoms with van der Waals surface area (Å²) in [5.41, 5.74) is 1.14. The van der Waals surface area contributed by atoms with E-state index in [2.05, 4.69) is 10.3 Å². The zero-order valence-corrected chi connectivity index (χ0v) is 14.7. The lowest BCUT2D eigenvalue weighted by Gasteiger charge is -2.10. The minimum Gasteiger partial charge on any atom is -0.321 e. The van der Waals surface area contributed by atoms with E-state index in [4.69, 9.17) is 11.6 Å². The average Bonchev–Trinajstić information content (AvgIpc) is 2.95. The fourth-order valence-corrected chi connectivity index (χ4v) is 2.87. The second-order valence-corrected chi connectivity index (χ2v) is 6.26. The number of aromatic nitrogens is 2. The van der Waals surface area contributed by atoms with Gasteiger partial charge < -0.3 is 5.32 Å². The summed E-state index contributed by atoms with van der Waals surface area (Å²) in [6, 6.07) is 7.89. The van der Waals surface area contributed by atoms with Gasteiger partial charge in [-0.15, -0.1) is 0 Å². The molecule has 0 aliphatic rings. The molecule has 0 atom stereocenters. The standard InChI is InChI=1S/C18H15ClF3N3O/c1-3-14-15(17(26)23-12-6-4-10(2)5-7-12)25-9-11(18(20,21)22)8-13(19)16(25)24-14/h4-9H,3H2,1-2H3,(H,23,26). The number of fused-ring (bicyclic) bond motifs is 1. The topological polar surface area (TPSA) is 46.4 Å². The lowest BCUT2D eigenvalue weighted by Crippen LogP contribution is -2.17. The Balaban J connectivity index is 2.12. The summed E-state index contributed by atoms with van der Waals surface area (Å²) in [5.74, 6) is -0.548. The summed E-state index contributed by atoms with van der Waals surface area (Å²) < 4.78 is 40.4. The van der Waals surface area contributed by atoms with Crippen molar-refractivity contribution in [2.75, 3.05) is 5.32 Å². The molecule has 0 fully saturated rings. The van der Waals surface area contributed by atoms with Gasteiger partial charge in [0.1, 0.15) is 5.69 Å². The highest BCUT2D eigenvalue weighted by molar-refractivity contribution is 6.33. The van der Waals surface area contributed by atoms with Crippen LogP contribution >= 0.6 is 11.6 Å². The maximum atomic E-state index is 13.1. The Bertz CT molecular complexity index is 978. The van der Waals surface area contributed by atoms with Gasteiger partial charge in [-0.05, 0) is 31.5 Å². The fraction of sp³-hybridized carbons (Fsp3) is 0.222. The van der Waals surface area contributed by atoms with E-state index < -0.39 is 17.6 Å². The Morgan fingerprint density at radius 1 is 1.27 bits per heavy atom. The monoisotopic (exact) mass is 381 g/mol. The van der Waals surface area contributed by atoms with E-state index in [1.807, 2.05) is 19.1 Å². The van der Waals surface area contributed by atoms with Crippen molar-refractivity contribution >= 4 is 28.8 Å². The van der Waals surface area contributed by atoms with Gasteiger partial charge in [0.25, 0.3) is 5.91 Å². The molecule has 1 aromatic carbocycles. The number of halogens is 4. The zero-order chi connectivity index (χ0) is 19.1. The van der Waals surface area contributed by atoms with E-state index >= 15 is 0 Å². The van der Waals surface area contributed by atoms with Crippen molar-refractivity contribution in [1.82, 2.24) is 9.38 Å². The molecule has 0 radical (unpaired) electrons. The summed E-state index contributed by atoms with van der Waals surface area (Å²) in [6.07, 6.45) is -3.37. The number of rotatable bonds is 3. The van der Waals surface area contributed by atoms with E-state index in [1.54, 1.807) is 19.1 Å². The highest BCUT2D eigenvalue weighted by Gasteiger charge is 2.33. The van der Waals surface area contributed by atoms with Crippen molar-refractivity contribution in [3.63, 3.8) is 0 Å². The van der Waals surface area contributed by atoms with Crippen LogP contribution in [0.15, 0.2) is 36.5 Å². The molecule has 136 valence electrons. The number of hydrogen-bond acceptors (Lipinski definition) is 2. The Morgan fingerprint density at radius 2 is 1.92 bits per heavy atom. The van der Waals surface area contributed by atoms with Crippen LogP contribution in [-0.4, -0.2) is 15.3 Å². The minimum absolute atomic E-state index is 0.0380. The molecule has 0 aliphatic heterocycles. The van der Waals surface area contributed by atoms with E-state index in [0.29, 0.717) is 17.8 Å². The van der Waals surface area contributed by atoms with Crippen LogP contribution in [0.3, 0.4) is 0 Å². The molecule has 1 amide bonds. The number of anilines is 1. The van der Waals surface area contributed by atoms with Crippen molar-refractivity contribution in [2.45, 2.75) is 26.4 Å². The van der Waals surface area contributed by atoms with Crippen LogP contribution in [0.5, 0.6) is 0 Å². The molecule has 2 heterocycles. The van der Waals surface area contributed by atoms with Gasteiger partial charge in [-0.2, -0.15) is 13.2 Å². The molecule has 0 saturated carbocycles. The van der Waals surface area contributed by atoms with E-state index in [0.717, 1.165) is 22.2 Å². The third-order valence-electron chi connectivity index (χ3n) is 3.93. The second-order valence-electron chi connectivity index (χ2n) is 5.85. The molecule has 0 spiro atoms. The number of carbonyl (C=O) groups excluding carboxylic acids is 1. The van der Waals surface area contributed by atoms with Crippen molar-refractivity contribution in [3.8, 4) is 0 Å². The zero-order valence-electron chi connectivity index (χ0n) is 14.0. The van der Waals surface area contributed by atoms with Crippen molar-refractivity contribution < 1.29 is 18.0 Å². The number of alkyl halides is 3. The van der Waals surface area contributed by atoms with Crippen LogP contribution in [0.4, 0.5) is 18.9 Å². The smallest absolute Gasteiger partial charge is 0.321 e. The van der Waals surface area contributed by atoms with E-state index in [-0.39, 0.29) is 16.4 Å². The van der Waals surface area contributed by atoms with Gasteiger partial charge >= 0.3 is 6.18 Å². The van der Waals surface area contributed by atoms with Gasteiger partial charge in [0.15, 0.2) is 5.65 Å². The molecule has 26 heavy (non-hydrogen) atoms. The molecule has 2 aromatic heterocycles. The number of nitrogens with one attached hydrogen (secondary N) is 1. The third-order valence-corrected chi connectivity index (χ3v) is 4.21. The lowest BCUT2D eigenvalue weighted by atomic mass is 10.2. The van der Waals surface area contributed by atoms with Gasteiger partial charge in [-0.25, -0.2) is 4.98 Å². The number of pyridine rings is 1. The number of imidazole rings is 1. The number of benzene rings is 1. The summed E-state index contributed by atoms with van der Waals surface area (Å²) >= 11 is 5.98. The largest absolute Gasteiger partial charge is 0.417 e. The molecule has 8 heteroatoms. The molecule has 0 bridgehead atoms. The molecule has 3 aromatic rings. The minimum atomic E-state index is -4.58. The van der Waals surface area contributed by atoms with Crippen molar-refractivity contribution in [2.24, 2.45) is 0 Å². The van der Waals surface area contributed by atoms with Gasteiger partial charge in [-0.1, -0.05) is 36.2 Å². The molecule has 0 saturated heterocycles. The number of aryl methyl sites for hydroxylation is 2. The Labute approximate surface area is 152 Å². The first-order valence-corrected chi connectivity index (χ1v) is 8.24. The van der Waals surface area contributed by atoms with Crippen LogP contribution in [0.1, 0.15) is 34.2 Å². The van der Waals surface area contributed by atoms with Gasteiger partial charge in [0.2, 0.25) is 0 Å². The van der Waals surface area contributed by atoms with Crippen LogP contribution < -0.4 is 5.32 Å². The second kappa shape index (κ2) is 6.64. The number of nitrogens with zero attached hydrogens (tertiary/aromatic N) is 2. The highest BCUT2D eigenvalue weighted by Crippen LogP contribution is 2.33. The molecule has 3 rings (SSSR count). The average molecular weight is 382 g/mol. The predicted octanol–water partition coefficient (Wildman–Crippen LogP) is 5.13. The summed E-state index contributed by atoms with van der Waals surface area (Å²) in [6.45, 7) is 3.68. The van der Waals surface area contributed by atoms with E-state index in [1.165, 1.54) is 0 Å². The fourth-order valence-electron chi connectivity index (χ4n) is 2.62. The molecular formula is C18H15ClF3N3O. The van der Waals surface area contributed by atoms with Gasteiger partial charge in [0, 0.05) is 11.9 Å². The molecule has 0 aliphatic carbocycles. The molecular weight excluding hydrogens is 367 g/mol. The third kappa shape index (κ3) is 3.39. The lowest BCUT2D eigenvalue weighted by molar-refractivity contribution is -0.137. The molecule has 4 nitrogen and oxygen atoms in total. The van der Waals surface area contributed by atoms with Crippen molar-refractivity contribution in [3.05, 3.63) is 64.1 Å². The van der Waals surface area contributed by atoms with Crippen LogP contribution in [0, 0.1) is 6.92 Å². The first kappa shape index (κ1) is 18.3. The number of carbonyl (C=O) groups is 1. The summed E-state index contributed by atoms with van der Waals surface area (Å²) in [5, 5.41) is 2.53. The van der Waals surface area contributed by atoms with Crippen LogP contribution in [0.25, 0.3) is 5.65 Å². The molecule has 1 N–H and O–H groups in total. The van der Waals surface area contributed by atoms with Crippen LogP contribution in [-0.2, 0) is 12.6 Å². The summed E-state index contributed by atoms with van der Waals surface area (Å²) in [7, 11) is 0. The maximum absolute atomic E-state index is 13.1. The predicted molar refractivity (Wildman–Crippen MR) is 93.7 cm³/mol. The SMILES string of the molecule is CCc1nc2c(Cl)cc(C(F)(F)F)cn2c1C(=O)Nc1ccc(C)cc1. The Morgan fingerprint density at radius 3 is 2.50 bits per heavy atom. The number of hydrogen-bond donors (Lipinski definition) is 1. The van der Waals surface area contributed by atoms with E-state index in [9.17, 15) is 18.0 Å². The Kier molecular flexibility index (Phi) is 4.66. The quantitative estimate of drug-likeness (QED) is 0.683. The van der Waals surface area contributed by atoms with Crippen LogP contribution in [0.2, 0.25) is 5.02 Å².